The molecule has 0 aromatic carbocycles. The Balaban J connectivity index is 0.00000243. The number of aliphatic imine (C=N–C) groups is 1. The molecule has 26 heavy (non-hydrogen) atoms. The Morgan fingerprint density at radius 3 is 2.77 bits per heavy atom. The number of nitrogens with zero attached hydrogens (tertiary/aromatic N) is 5. The van der Waals surface area contributed by atoms with Crippen LogP contribution >= 0.6 is 35.6 Å². The number of rotatable bonds is 4. The highest BCUT2D eigenvalue weighted by atomic mass is 127. The first-order valence-corrected chi connectivity index (χ1v) is 8.51. The second-order valence-corrected chi connectivity index (χ2v) is 6.66. The van der Waals surface area contributed by atoms with E-state index in [0.717, 1.165) is 28.0 Å². The van der Waals surface area contributed by atoms with E-state index in [4.69, 9.17) is 11.6 Å². The Bertz CT molecular complexity index is 914. The zero-order valence-electron chi connectivity index (χ0n) is 15.4. The van der Waals surface area contributed by atoms with Crippen LogP contribution in [-0.4, -0.2) is 38.9 Å². The van der Waals surface area contributed by atoms with Gasteiger partial charge in [-0.05, 0) is 30.7 Å². The summed E-state index contributed by atoms with van der Waals surface area (Å²) in [6.07, 6.45) is 5.97. The summed E-state index contributed by atoms with van der Waals surface area (Å²) >= 11 is 6.06. The van der Waals surface area contributed by atoms with Crippen LogP contribution in [0.5, 0.6) is 0 Å². The van der Waals surface area contributed by atoms with Crippen molar-refractivity contribution in [2.45, 2.75) is 20.0 Å². The van der Waals surface area contributed by atoms with Crippen molar-refractivity contribution in [1.29, 1.82) is 0 Å². The zero-order valence-corrected chi connectivity index (χ0v) is 18.5. The van der Waals surface area contributed by atoms with Gasteiger partial charge in [0.25, 0.3) is 0 Å². The molecule has 140 valence electrons. The lowest BCUT2D eigenvalue weighted by Crippen LogP contribution is -2.38. The zero-order chi connectivity index (χ0) is 18.0. The van der Waals surface area contributed by atoms with Crippen molar-refractivity contribution in [3.8, 4) is 0 Å². The van der Waals surface area contributed by atoms with Gasteiger partial charge in [-0.25, -0.2) is 4.98 Å². The van der Waals surface area contributed by atoms with E-state index in [2.05, 4.69) is 39.2 Å². The fourth-order valence-corrected chi connectivity index (χ4v) is 3.09. The van der Waals surface area contributed by atoms with Gasteiger partial charge in [-0.15, -0.1) is 24.0 Å². The lowest BCUT2D eigenvalue weighted by Gasteiger charge is -2.22. The quantitative estimate of drug-likeness (QED) is 0.349. The normalized spacial score (nSPS) is 11.5. The first-order valence-electron chi connectivity index (χ1n) is 8.13. The third-order valence-corrected chi connectivity index (χ3v) is 4.35. The van der Waals surface area contributed by atoms with Gasteiger partial charge >= 0.3 is 0 Å². The molecule has 6 nitrogen and oxygen atoms in total. The molecule has 8 heteroatoms. The molecule has 0 amide bonds. The van der Waals surface area contributed by atoms with Crippen LogP contribution in [0.1, 0.15) is 17.0 Å². The van der Waals surface area contributed by atoms with Crippen molar-refractivity contribution in [1.82, 2.24) is 24.2 Å². The molecule has 0 unspecified atom stereocenters. The summed E-state index contributed by atoms with van der Waals surface area (Å²) in [5.74, 6) is 0.811. The third-order valence-electron chi connectivity index (χ3n) is 4.14. The van der Waals surface area contributed by atoms with Crippen molar-refractivity contribution in [3.05, 3.63) is 58.8 Å². The lowest BCUT2D eigenvalue weighted by atomic mass is 10.3. The van der Waals surface area contributed by atoms with E-state index in [1.165, 1.54) is 5.56 Å². The van der Waals surface area contributed by atoms with Crippen molar-refractivity contribution in [2.75, 3.05) is 14.1 Å². The van der Waals surface area contributed by atoms with Crippen LogP contribution in [0.4, 0.5) is 0 Å². The predicted octanol–water partition coefficient (Wildman–Crippen LogP) is 3.46. The molecule has 3 aromatic heterocycles. The molecule has 0 bridgehead atoms. The van der Waals surface area contributed by atoms with Gasteiger partial charge in [-0.1, -0.05) is 11.6 Å². The molecule has 0 aliphatic heterocycles. The van der Waals surface area contributed by atoms with Crippen molar-refractivity contribution >= 4 is 47.2 Å². The van der Waals surface area contributed by atoms with Gasteiger partial charge in [0.1, 0.15) is 5.65 Å². The number of aromatic nitrogens is 3. The fourth-order valence-electron chi connectivity index (χ4n) is 2.82. The monoisotopic (exact) mass is 486 g/mol. The van der Waals surface area contributed by atoms with Crippen LogP contribution in [0.2, 0.25) is 5.02 Å². The molecule has 0 fully saturated rings. The smallest absolute Gasteiger partial charge is 0.194 e. The number of hydrogen-bond donors (Lipinski definition) is 1. The number of halogens is 2. The van der Waals surface area contributed by atoms with E-state index in [-0.39, 0.29) is 24.0 Å². The number of imidazole rings is 1. The molecule has 0 radical (unpaired) electrons. The van der Waals surface area contributed by atoms with Gasteiger partial charge in [0.05, 0.1) is 23.8 Å². The highest BCUT2D eigenvalue weighted by Gasteiger charge is 2.10. The summed E-state index contributed by atoms with van der Waals surface area (Å²) < 4.78 is 4.05. The van der Waals surface area contributed by atoms with Gasteiger partial charge in [-0.3, -0.25) is 4.99 Å². The Labute approximate surface area is 175 Å². The highest BCUT2D eigenvalue weighted by molar-refractivity contribution is 14.0. The first-order chi connectivity index (χ1) is 12.0. The minimum absolute atomic E-state index is 0. The van der Waals surface area contributed by atoms with Gasteiger partial charge in [0.15, 0.2) is 5.96 Å². The molecule has 3 heterocycles. The molecular formula is C18H24ClIN6. The van der Waals surface area contributed by atoms with E-state index in [1.807, 2.05) is 47.7 Å². The molecule has 1 N–H and O–H groups in total. The molecular weight excluding hydrogens is 463 g/mol. The minimum atomic E-state index is 0. The number of guanidine groups is 1. The largest absolute Gasteiger partial charge is 0.351 e. The maximum Gasteiger partial charge on any atom is 0.194 e. The van der Waals surface area contributed by atoms with Crippen LogP contribution in [0, 0.1) is 6.92 Å². The second kappa shape index (κ2) is 8.77. The number of hydrogen-bond acceptors (Lipinski definition) is 2. The van der Waals surface area contributed by atoms with Crippen LogP contribution < -0.4 is 5.32 Å². The number of nitrogens with one attached hydrogen (secondary N) is 1. The Morgan fingerprint density at radius 2 is 2.12 bits per heavy atom. The summed E-state index contributed by atoms with van der Waals surface area (Å²) in [6, 6.07) is 6.11. The second-order valence-electron chi connectivity index (χ2n) is 6.22. The van der Waals surface area contributed by atoms with Crippen LogP contribution in [0.25, 0.3) is 5.65 Å². The third kappa shape index (κ3) is 4.70. The average Bonchev–Trinajstić information content (AvgIpc) is 3.10. The average molecular weight is 487 g/mol. The van der Waals surface area contributed by atoms with E-state index in [0.29, 0.717) is 13.1 Å². The predicted molar refractivity (Wildman–Crippen MR) is 117 cm³/mol. The SMILES string of the molecule is CN=C(NCc1cn2ccc(C)cc2n1)N(C)Cc1cc(Cl)cn1C.I. The van der Waals surface area contributed by atoms with E-state index in [9.17, 15) is 0 Å². The molecule has 0 aliphatic rings. The topological polar surface area (TPSA) is 49.9 Å². The van der Waals surface area contributed by atoms with E-state index >= 15 is 0 Å². The number of pyridine rings is 1. The van der Waals surface area contributed by atoms with E-state index < -0.39 is 0 Å². The molecule has 0 aliphatic carbocycles. The summed E-state index contributed by atoms with van der Waals surface area (Å²) in [5.41, 5.74) is 4.26. The molecule has 0 spiro atoms. The molecule has 0 saturated carbocycles. The van der Waals surface area contributed by atoms with Crippen molar-refractivity contribution < 1.29 is 0 Å². The molecule has 3 aromatic rings. The number of fused-ring (bicyclic) bond motifs is 1. The fraction of sp³-hybridized carbons (Fsp3) is 0.333. The van der Waals surface area contributed by atoms with E-state index in [1.54, 1.807) is 7.05 Å². The van der Waals surface area contributed by atoms with Gasteiger partial charge < -0.3 is 19.2 Å². The maximum absolute atomic E-state index is 6.06. The van der Waals surface area contributed by atoms with Crippen molar-refractivity contribution in [3.63, 3.8) is 0 Å². The summed E-state index contributed by atoms with van der Waals surface area (Å²) in [6.45, 7) is 3.40. The molecule has 0 atom stereocenters. The minimum Gasteiger partial charge on any atom is -0.351 e. The lowest BCUT2D eigenvalue weighted by molar-refractivity contribution is 0.461. The summed E-state index contributed by atoms with van der Waals surface area (Å²) in [5, 5.41) is 4.11. The maximum atomic E-state index is 6.06. The van der Waals surface area contributed by atoms with Crippen LogP contribution in [0.15, 0.2) is 41.8 Å². The molecule has 3 rings (SSSR count). The van der Waals surface area contributed by atoms with Crippen LogP contribution in [0.3, 0.4) is 0 Å². The van der Waals surface area contributed by atoms with Gasteiger partial charge in [-0.2, -0.15) is 0 Å². The Morgan fingerprint density at radius 1 is 1.35 bits per heavy atom. The highest BCUT2D eigenvalue weighted by Crippen LogP contribution is 2.14. The van der Waals surface area contributed by atoms with Gasteiger partial charge in [0, 0.05) is 45.4 Å². The standard InChI is InChI=1S/C18H23ClN6.HI/c1-13-5-6-25-11-15(22-17(25)7-13)9-21-18(20-2)24(4)12-16-8-14(19)10-23(16)3;/h5-8,10-11H,9,12H2,1-4H3,(H,20,21);1H. The number of aryl methyl sites for hydroxylation is 2. The Hall–Kier alpha value is -1.74. The summed E-state index contributed by atoms with van der Waals surface area (Å²) in [4.78, 5) is 11.1. The van der Waals surface area contributed by atoms with Gasteiger partial charge in [0.2, 0.25) is 0 Å². The Kier molecular flexibility index (Phi) is 6.94. The summed E-state index contributed by atoms with van der Waals surface area (Å²) in [7, 11) is 5.77. The van der Waals surface area contributed by atoms with Crippen LogP contribution in [-0.2, 0) is 20.1 Å². The molecule has 0 saturated heterocycles. The van der Waals surface area contributed by atoms with Crippen molar-refractivity contribution in [2.24, 2.45) is 12.0 Å². The first kappa shape index (κ1) is 20.6.